The van der Waals surface area contributed by atoms with E-state index in [2.05, 4.69) is 20.1 Å². The van der Waals surface area contributed by atoms with Gasteiger partial charge in [0.05, 0.1) is 29.9 Å². The number of methoxy groups -OCH3 is 2. The number of halogens is 2. The normalized spacial score (nSPS) is 17.6. The van der Waals surface area contributed by atoms with Crippen LogP contribution < -0.4 is 14.2 Å². The van der Waals surface area contributed by atoms with Crippen LogP contribution in [0.1, 0.15) is 47.5 Å². The fourth-order valence-corrected chi connectivity index (χ4v) is 5.56. The molecule has 1 atom stereocenters. The van der Waals surface area contributed by atoms with Gasteiger partial charge in [0.1, 0.15) is 11.5 Å². The number of aromatic nitrogens is 4. The Morgan fingerprint density at radius 3 is 2.53 bits per heavy atom. The number of carbonyl (C=O) groups excluding carboxylic acids is 1. The third kappa shape index (κ3) is 5.63. The number of thiazole rings is 1. The second kappa shape index (κ2) is 11.4. The van der Waals surface area contributed by atoms with E-state index in [1.807, 2.05) is 5.38 Å². The molecule has 4 heterocycles. The molecule has 1 saturated heterocycles. The maximum atomic E-state index is 14.3. The van der Waals surface area contributed by atoms with Gasteiger partial charge in [-0.15, -0.1) is 26.3 Å². The fourth-order valence-electron chi connectivity index (χ4n) is 4.27. The van der Waals surface area contributed by atoms with Gasteiger partial charge in [-0.1, -0.05) is 22.8 Å². The van der Waals surface area contributed by atoms with E-state index in [-0.39, 0.29) is 36.5 Å². The smallest absolute Gasteiger partial charge is 0.326 e. The van der Waals surface area contributed by atoms with Gasteiger partial charge in [0.25, 0.3) is 5.91 Å². The highest BCUT2D eigenvalue weighted by Crippen LogP contribution is 2.37. The number of hydrogen-bond donors (Lipinski definition) is 0. The molecular weight excluding hydrogens is 539 g/mol. The van der Waals surface area contributed by atoms with E-state index < -0.39 is 11.9 Å². The summed E-state index contributed by atoms with van der Waals surface area (Å²) >= 11 is 7.73. The van der Waals surface area contributed by atoms with Crippen molar-refractivity contribution >= 4 is 34.6 Å². The van der Waals surface area contributed by atoms with Gasteiger partial charge in [-0.05, 0) is 25.0 Å². The van der Waals surface area contributed by atoms with Crippen LogP contribution in [0.5, 0.6) is 18.0 Å². The summed E-state index contributed by atoms with van der Waals surface area (Å²) in [6.45, 7) is 0.933. The van der Waals surface area contributed by atoms with E-state index in [4.69, 9.17) is 35.6 Å². The van der Waals surface area contributed by atoms with Gasteiger partial charge in [0.2, 0.25) is 0 Å². The molecule has 2 aromatic heterocycles. The van der Waals surface area contributed by atoms with Gasteiger partial charge in [0, 0.05) is 36.4 Å². The van der Waals surface area contributed by atoms with E-state index in [0.717, 1.165) is 23.5 Å². The summed E-state index contributed by atoms with van der Waals surface area (Å²) in [4.78, 5) is 36.5. The number of hydrogen-bond acceptors (Lipinski definition) is 11. The number of benzene rings is 1. The molecule has 14 heteroatoms. The second-order valence-corrected chi connectivity index (χ2v) is 9.87. The average Bonchev–Trinajstić information content (AvgIpc) is 3.62. The molecule has 2 aliphatic heterocycles. The number of piperidine rings is 1. The van der Waals surface area contributed by atoms with Crippen LogP contribution in [0.3, 0.4) is 0 Å². The van der Waals surface area contributed by atoms with Gasteiger partial charge < -0.3 is 23.9 Å². The highest BCUT2D eigenvalue weighted by atomic mass is 35.5. The Hall–Kier alpha value is -3.58. The van der Waals surface area contributed by atoms with E-state index in [9.17, 15) is 9.18 Å². The van der Waals surface area contributed by atoms with Crippen molar-refractivity contribution in [1.29, 1.82) is 0 Å². The molecule has 11 nitrogen and oxygen atoms in total. The Balaban J connectivity index is 1.13. The lowest BCUT2D eigenvalue weighted by Gasteiger charge is -2.31. The van der Waals surface area contributed by atoms with Crippen molar-refractivity contribution in [3.8, 4) is 18.0 Å². The molecule has 0 spiro atoms. The maximum absolute atomic E-state index is 14.3. The van der Waals surface area contributed by atoms with Crippen molar-refractivity contribution in [2.75, 3.05) is 33.9 Å². The van der Waals surface area contributed by atoms with Crippen molar-refractivity contribution in [1.82, 2.24) is 24.8 Å². The summed E-state index contributed by atoms with van der Waals surface area (Å²) in [5.74, 6) is -0.371. The van der Waals surface area contributed by atoms with Gasteiger partial charge in [0.15, 0.2) is 12.7 Å². The monoisotopic (exact) mass is 562 g/mol. The van der Waals surface area contributed by atoms with Crippen molar-refractivity contribution in [3.05, 3.63) is 50.7 Å². The number of amides is 1. The number of likely N-dealkylation sites (tertiary alicyclic amines) is 1. The van der Waals surface area contributed by atoms with E-state index in [1.54, 1.807) is 28.4 Å². The molecular formula is C24H24ClFN6O5S. The molecule has 0 bridgehead atoms. The van der Waals surface area contributed by atoms with Crippen molar-refractivity contribution < 1.29 is 28.2 Å². The van der Waals surface area contributed by atoms with Crippen LogP contribution in [0.15, 0.2) is 28.7 Å². The van der Waals surface area contributed by atoms with E-state index in [1.165, 1.54) is 20.3 Å². The maximum Gasteiger partial charge on any atom is 0.326 e. The van der Waals surface area contributed by atoms with Crippen LogP contribution in [0, 0.1) is 5.82 Å². The van der Waals surface area contributed by atoms with Crippen molar-refractivity contribution in [2.45, 2.75) is 31.3 Å². The number of nitrogens with zero attached hydrogens (tertiary/aromatic N) is 6. The number of carbonyl (C=O) groups is 1. The molecule has 1 aromatic carbocycles. The summed E-state index contributed by atoms with van der Waals surface area (Å²) < 4.78 is 29.7. The minimum absolute atomic E-state index is 0.0320. The van der Waals surface area contributed by atoms with Crippen LogP contribution in [0.2, 0.25) is 5.02 Å². The molecule has 1 fully saturated rings. The predicted molar refractivity (Wildman–Crippen MR) is 135 cm³/mol. The average molecular weight is 563 g/mol. The zero-order valence-electron chi connectivity index (χ0n) is 20.6. The largest absolute Gasteiger partial charge is 0.467 e. The van der Waals surface area contributed by atoms with Crippen LogP contribution in [0.25, 0.3) is 0 Å². The summed E-state index contributed by atoms with van der Waals surface area (Å²) in [6, 6.07) is 4.56. The van der Waals surface area contributed by atoms with Crippen LogP contribution in [0.4, 0.5) is 4.39 Å². The highest BCUT2D eigenvalue weighted by Gasteiger charge is 2.31. The minimum atomic E-state index is -0.583. The van der Waals surface area contributed by atoms with Crippen LogP contribution in [-0.4, -0.2) is 70.4 Å². The third-order valence-corrected chi connectivity index (χ3v) is 7.61. The first-order valence-corrected chi connectivity index (χ1v) is 13.1. The number of ether oxygens (including phenoxy) is 3. The Bertz CT molecular complexity index is 1310. The van der Waals surface area contributed by atoms with Crippen molar-refractivity contribution in [3.63, 3.8) is 0 Å². The quantitative estimate of drug-likeness (QED) is 0.403. The van der Waals surface area contributed by atoms with Gasteiger partial charge >= 0.3 is 18.0 Å². The predicted octanol–water partition coefficient (Wildman–Crippen LogP) is 3.79. The Morgan fingerprint density at radius 2 is 1.84 bits per heavy atom. The molecule has 5 rings (SSSR count). The molecule has 1 unspecified atom stereocenters. The number of oxime groups is 1. The lowest BCUT2D eigenvalue weighted by Crippen LogP contribution is -2.40. The summed E-state index contributed by atoms with van der Waals surface area (Å²) in [5.41, 5.74) is 1.68. The van der Waals surface area contributed by atoms with Gasteiger partial charge in [-0.3, -0.25) is 4.79 Å². The SMILES string of the molecule is COc1nc(OC)nc(OCC(=O)N2CCC(c3nc(C4=NOC(c5c(F)cccc5Cl)C4)cs3)CC2)n1. The molecule has 0 saturated carbocycles. The number of rotatable bonds is 8. The lowest BCUT2D eigenvalue weighted by molar-refractivity contribution is -0.134. The molecule has 38 heavy (non-hydrogen) atoms. The fraction of sp³-hybridized carbons (Fsp3) is 0.417. The molecule has 0 radical (unpaired) electrons. The van der Waals surface area contributed by atoms with E-state index >= 15 is 0 Å². The van der Waals surface area contributed by atoms with Crippen LogP contribution in [-0.2, 0) is 9.63 Å². The Labute approximate surface area is 226 Å². The van der Waals surface area contributed by atoms with Gasteiger partial charge in [-0.2, -0.15) is 0 Å². The molecule has 2 aliphatic rings. The van der Waals surface area contributed by atoms with E-state index in [0.29, 0.717) is 35.8 Å². The second-order valence-electron chi connectivity index (χ2n) is 8.58. The van der Waals surface area contributed by atoms with Crippen molar-refractivity contribution in [2.24, 2.45) is 5.16 Å². The first-order valence-electron chi connectivity index (χ1n) is 11.8. The topological polar surface area (TPSA) is 121 Å². The first-order chi connectivity index (χ1) is 18.4. The zero-order chi connectivity index (χ0) is 26.6. The standard InChI is InChI=1S/C24H24ClFN6O5S/c1-34-22-28-23(35-2)30-24(29-22)36-11-19(33)32-8-6-13(7-9-32)21-27-17(12-38-21)16-10-18(37-31-16)20-14(25)4-3-5-15(20)26/h3-5,12-13,18H,6-11H2,1-2H3. The zero-order valence-corrected chi connectivity index (χ0v) is 22.2. The highest BCUT2D eigenvalue weighted by molar-refractivity contribution is 7.10. The van der Waals surface area contributed by atoms with Crippen LogP contribution >= 0.6 is 22.9 Å². The Morgan fingerprint density at radius 1 is 1.13 bits per heavy atom. The first kappa shape index (κ1) is 26.0. The molecule has 0 aliphatic carbocycles. The summed E-state index contributed by atoms with van der Waals surface area (Å²) in [5, 5.41) is 7.37. The third-order valence-electron chi connectivity index (χ3n) is 6.27. The Kier molecular flexibility index (Phi) is 7.84. The summed E-state index contributed by atoms with van der Waals surface area (Å²) in [7, 11) is 2.82. The molecule has 200 valence electrons. The minimum Gasteiger partial charge on any atom is -0.467 e. The lowest BCUT2D eigenvalue weighted by atomic mass is 9.97. The summed E-state index contributed by atoms with van der Waals surface area (Å²) in [6.07, 6.45) is 1.33. The molecule has 3 aromatic rings. The van der Waals surface area contributed by atoms with Gasteiger partial charge in [-0.25, -0.2) is 9.37 Å². The molecule has 0 N–H and O–H groups in total. The molecule has 1 amide bonds.